The summed E-state index contributed by atoms with van der Waals surface area (Å²) in [6.07, 6.45) is -0.957. The number of rotatable bonds is 8. The van der Waals surface area contributed by atoms with Crippen LogP contribution in [0.4, 0.5) is 5.82 Å². The molecule has 1 aromatic rings. The van der Waals surface area contributed by atoms with Crippen LogP contribution in [0.15, 0.2) is 28.7 Å². The second-order valence-corrected chi connectivity index (χ2v) is 9.99. The zero-order valence-corrected chi connectivity index (χ0v) is 16.7. The average molecular weight is 479 g/mol. The molecule has 19 heteroatoms. The normalized spacial score (nSPS) is 26.6. The number of nitrogen functional groups attached to an aromatic ring is 1. The zero-order valence-electron chi connectivity index (χ0n) is 14.0. The molecule has 0 spiro atoms. The number of hydrogen-bond acceptors (Lipinski definition) is 11. The Hall–Kier alpha value is -1.25. The third kappa shape index (κ3) is 6.62. The quantitative estimate of drug-likeness (QED) is 0.163. The van der Waals surface area contributed by atoms with Gasteiger partial charge in [0.15, 0.2) is 0 Å². The van der Waals surface area contributed by atoms with E-state index in [-0.39, 0.29) is 11.4 Å². The van der Waals surface area contributed by atoms with Crippen molar-refractivity contribution >= 4 is 29.3 Å². The Bertz CT molecular complexity index is 1000. The van der Waals surface area contributed by atoms with E-state index in [0.29, 0.717) is 0 Å². The zero-order chi connectivity index (χ0) is 22.2. The van der Waals surface area contributed by atoms with E-state index in [2.05, 4.69) is 18.1 Å². The van der Waals surface area contributed by atoms with Gasteiger partial charge in [-0.25, -0.2) is 18.5 Å². The van der Waals surface area contributed by atoms with Crippen molar-refractivity contribution in [2.45, 2.75) is 18.2 Å². The molecule has 1 aliphatic rings. The highest BCUT2D eigenvalue weighted by molar-refractivity contribution is 7.66. The number of phosphoric ester groups is 1. The lowest BCUT2D eigenvalue weighted by atomic mass is 10.1. The molecule has 0 radical (unpaired) electrons. The molecule has 1 aromatic heterocycles. The van der Waals surface area contributed by atoms with E-state index in [0.717, 1.165) is 10.6 Å². The fourth-order valence-corrected chi connectivity index (χ4v) is 5.32. The van der Waals surface area contributed by atoms with Crippen molar-refractivity contribution in [3.8, 4) is 0 Å². The van der Waals surface area contributed by atoms with Gasteiger partial charge in [-0.3, -0.25) is 9.09 Å². The number of phosphoric acid groups is 3. The molecule has 2 rings (SSSR count). The summed E-state index contributed by atoms with van der Waals surface area (Å²) in [4.78, 5) is 50.7. The van der Waals surface area contributed by atoms with Crippen LogP contribution in [0.2, 0.25) is 0 Å². The third-order valence-corrected chi connectivity index (χ3v) is 7.20. The molecule has 1 heterocycles. The molecule has 0 aliphatic heterocycles. The molecule has 0 bridgehead atoms. The van der Waals surface area contributed by atoms with E-state index in [9.17, 15) is 33.6 Å². The molecular formula is C10H16N3O13P3. The van der Waals surface area contributed by atoms with Crippen LogP contribution in [0.25, 0.3) is 0 Å². The summed E-state index contributed by atoms with van der Waals surface area (Å²) in [6, 6.07) is 0.100. The Morgan fingerprint density at radius 2 is 1.72 bits per heavy atom. The molecule has 16 nitrogen and oxygen atoms in total. The van der Waals surface area contributed by atoms with E-state index in [1.165, 1.54) is 12.3 Å². The van der Waals surface area contributed by atoms with Gasteiger partial charge in [0.1, 0.15) is 18.0 Å². The number of hydrogen-bond donors (Lipinski definition) is 7. The minimum Gasteiger partial charge on any atom is -0.388 e. The van der Waals surface area contributed by atoms with Crippen molar-refractivity contribution in [3.05, 3.63) is 34.4 Å². The van der Waals surface area contributed by atoms with Crippen LogP contribution in [0.3, 0.4) is 0 Å². The number of aliphatic hydroxyl groups is 2. The van der Waals surface area contributed by atoms with Gasteiger partial charge in [-0.1, -0.05) is 6.08 Å². The van der Waals surface area contributed by atoms with Gasteiger partial charge in [-0.2, -0.15) is 13.6 Å². The number of anilines is 1. The van der Waals surface area contributed by atoms with Gasteiger partial charge in [-0.05, 0) is 11.6 Å². The maximum Gasteiger partial charge on any atom is 0.490 e. The summed E-state index contributed by atoms with van der Waals surface area (Å²) in [5, 5.41) is 20.1. The Morgan fingerprint density at radius 3 is 2.28 bits per heavy atom. The molecule has 5 atom stereocenters. The van der Waals surface area contributed by atoms with Gasteiger partial charge >= 0.3 is 29.2 Å². The lowest BCUT2D eigenvalue weighted by Gasteiger charge is -2.19. The Morgan fingerprint density at radius 1 is 1.10 bits per heavy atom. The van der Waals surface area contributed by atoms with Crippen molar-refractivity contribution in [2.75, 3.05) is 12.3 Å². The molecule has 1 aliphatic carbocycles. The van der Waals surface area contributed by atoms with Crippen LogP contribution in [-0.2, 0) is 26.8 Å². The second kappa shape index (κ2) is 8.47. The second-order valence-electron chi connectivity index (χ2n) is 5.57. The van der Waals surface area contributed by atoms with Gasteiger partial charge in [0.25, 0.3) is 0 Å². The minimum atomic E-state index is -5.69. The first-order chi connectivity index (χ1) is 13.1. The minimum absolute atomic E-state index is 0.0869. The van der Waals surface area contributed by atoms with Gasteiger partial charge in [0, 0.05) is 6.20 Å². The maximum atomic E-state index is 11.9. The summed E-state index contributed by atoms with van der Waals surface area (Å²) in [5.74, 6) is -0.0869. The van der Waals surface area contributed by atoms with Crippen molar-refractivity contribution in [3.63, 3.8) is 0 Å². The highest BCUT2D eigenvalue weighted by atomic mass is 31.3. The van der Waals surface area contributed by atoms with E-state index < -0.39 is 54.0 Å². The molecule has 0 amide bonds. The number of nitrogens with zero attached hydrogens (tertiary/aromatic N) is 2. The highest BCUT2D eigenvalue weighted by Gasteiger charge is 2.42. The largest absolute Gasteiger partial charge is 0.490 e. The van der Waals surface area contributed by atoms with Gasteiger partial charge in [0.2, 0.25) is 0 Å². The van der Waals surface area contributed by atoms with Gasteiger partial charge in [0.05, 0.1) is 12.6 Å². The summed E-state index contributed by atoms with van der Waals surface area (Å²) in [5.41, 5.74) is 4.28. The lowest BCUT2D eigenvalue weighted by Crippen LogP contribution is -2.35. The van der Waals surface area contributed by atoms with Gasteiger partial charge in [-0.15, -0.1) is 0 Å². The lowest BCUT2D eigenvalue weighted by molar-refractivity contribution is 0.0270. The van der Waals surface area contributed by atoms with E-state index in [1.54, 1.807) is 0 Å². The predicted molar refractivity (Wildman–Crippen MR) is 91.9 cm³/mol. The molecule has 0 aromatic carbocycles. The molecule has 164 valence electrons. The van der Waals surface area contributed by atoms with Crippen molar-refractivity contribution in [2.24, 2.45) is 0 Å². The molecule has 0 fully saturated rings. The van der Waals surface area contributed by atoms with Crippen LogP contribution in [0.1, 0.15) is 6.04 Å². The number of aliphatic hydroxyl groups excluding tert-OH is 2. The Labute approximate surface area is 161 Å². The van der Waals surface area contributed by atoms with Crippen LogP contribution in [-0.4, -0.2) is 58.2 Å². The molecule has 0 saturated heterocycles. The van der Waals surface area contributed by atoms with E-state index >= 15 is 0 Å². The first-order valence-electron chi connectivity index (χ1n) is 7.30. The topological polar surface area (TPSA) is 261 Å². The fourth-order valence-electron chi connectivity index (χ4n) is 2.31. The summed E-state index contributed by atoms with van der Waals surface area (Å²) in [6.45, 7) is -0.935. The monoisotopic (exact) mass is 479 g/mol. The van der Waals surface area contributed by atoms with Crippen LogP contribution in [0.5, 0.6) is 0 Å². The molecule has 8 N–H and O–H groups in total. The maximum absolute atomic E-state index is 11.9. The van der Waals surface area contributed by atoms with Crippen LogP contribution < -0.4 is 11.4 Å². The first kappa shape index (κ1) is 24.0. The van der Waals surface area contributed by atoms with Crippen LogP contribution in [0, 0.1) is 0 Å². The standard InChI is InChI=1S/C10H16N3O13P3/c11-7-1-2-13(10(16)12-7)6-3-5(8(14)9(6)15)4-24-28(20,21)26-29(22,23)25-27(17,18)19/h1-3,6,8-9,14-15H,4H2,(H,20,21)(H,22,23)(H2,11,12,16)(H2,17,18,19). The average Bonchev–Trinajstić information content (AvgIpc) is 2.78. The predicted octanol–water partition coefficient (Wildman–Crippen LogP) is -1.63. The molecule has 29 heavy (non-hydrogen) atoms. The summed E-state index contributed by atoms with van der Waals surface area (Å²) >= 11 is 0. The molecular weight excluding hydrogens is 463 g/mol. The first-order valence-corrected chi connectivity index (χ1v) is 11.8. The molecule has 0 saturated carbocycles. The summed E-state index contributed by atoms with van der Waals surface area (Å²) in [7, 11) is -16.7. The Balaban J connectivity index is 2.12. The smallest absolute Gasteiger partial charge is 0.388 e. The highest BCUT2D eigenvalue weighted by Crippen LogP contribution is 2.66. The van der Waals surface area contributed by atoms with Crippen molar-refractivity contribution < 1.29 is 56.6 Å². The van der Waals surface area contributed by atoms with Gasteiger partial charge < -0.3 is 35.5 Å². The molecule has 5 unspecified atom stereocenters. The fraction of sp³-hybridized carbons (Fsp3) is 0.400. The number of aromatic nitrogens is 2. The summed E-state index contributed by atoms with van der Waals surface area (Å²) < 4.78 is 45.9. The van der Waals surface area contributed by atoms with Crippen LogP contribution >= 0.6 is 23.5 Å². The van der Waals surface area contributed by atoms with Crippen molar-refractivity contribution in [1.29, 1.82) is 0 Å². The number of nitrogens with two attached hydrogens (primary N) is 1. The Kier molecular flexibility index (Phi) is 7.02. The van der Waals surface area contributed by atoms with E-state index in [1.807, 2.05) is 0 Å². The van der Waals surface area contributed by atoms with E-state index in [4.69, 9.17) is 20.4 Å². The third-order valence-electron chi connectivity index (χ3n) is 3.42. The van der Waals surface area contributed by atoms with Crippen molar-refractivity contribution in [1.82, 2.24) is 9.55 Å². The SMILES string of the molecule is Nc1ccn(C2C=C(COP(=O)(O)OP(=O)(O)OP(=O)(O)O)C(O)C2O)c(=O)n1.